The lowest BCUT2D eigenvalue weighted by molar-refractivity contribution is -0.124. The molecule has 1 amide bonds. The highest BCUT2D eigenvalue weighted by Gasteiger charge is 2.17. The maximum absolute atomic E-state index is 12.3. The molecule has 0 aliphatic rings. The van der Waals surface area contributed by atoms with E-state index in [2.05, 4.69) is 10.3 Å². The molecule has 0 bridgehead atoms. The van der Waals surface area contributed by atoms with Crippen molar-refractivity contribution in [1.82, 2.24) is 14.9 Å². The normalized spacial score (nSPS) is 12.2. The lowest BCUT2D eigenvalue weighted by Gasteiger charge is -2.14. The number of amides is 1. The van der Waals surface area contributed by atoms with Crippen LogP contribution in [0.2, 0.25) is 0 Å². The van der Waals surface area contributed by atoms with Gasteiger partial charge in [-0.15, -0.1) is 0 Å². The van der Waals surface area contributed by atoms with Crippen LogP contribution >= 0.6 is 0 Å². The van der Waals surface area contributed by atoms with Crippen LogP contribution in [0.15, 0.2) is 52.1 Å². The Kier molecular flexibility index (Phi) is 3.84. The first-order valence-corrected chi connectivity index (χ1v) is 7.06. The van der Waals surface area contributed by atoms with Crippen molar-refractivity contribution in [2.45, 2.75) is 19.5 Å². The fourth-order valence-electron chi connectivity index (χ4n) is 2.27. The summed E-state index contributed by atoms with van der Waals surface area (Å²) in [6.07, 6.45) is 2.58. The first-order chi connectivity index (χ1) is 11.1. The number of aromatic nitrogens is 2. The predicted octanol–water partition coefficient (Wildman–Crippen LogP) is 1.57. The Morgan fingerprint density at radius 2 is 2.22 bits per heavy atom. The minimum absolute atomic E-state index is 0.0608. The van der Waals surface area contributed by atoms with E-state index in [4.69, 9.17) is 9.52 Å². The van der Waals surface area contributed by atoms with Gasteiger partial charge in [0.2, 0.25) is 11.3 Å². The van der Waals surface area contributed by atoms with Gasteiger partial charge in [-0.05, 0) is 19.1 Å². The van der Waals surface area contributed by atoms with Crippen LogP contribution < -0.4 is 10.7 Å². The molecule has 0 spiro atoms. The van der Waals surface area contributed by atoms with Crippen LogP contribution in [0.3, 0.4) is 0 Å². The Hall–Kier alpha value is -3.09. The van der Waals surface area contributed by atoms with Crippen LogP contribution in [0.25, 0.3) is 11.0 Å². The molecule has 2 heterocycles. The van der Waals surface area contributed by atoms with Gasteiger partial charge in [0.05, 0.1) is 23.9 Å². The van der Waals surface area contributed by atoms with Crippen LogP contribution in [0.1, 0.15) is 18.7 Å². The molecule has 0 aliphatic heterocycles. The number of rotatable bonds is 4. The molecule has 3 rings (SSSR count). The number of imidazole rings is 1. The molecule has 2 N–H and O–H groups in total. The van der Waals surface area contributed by atoms with E-state index in [0.29, 0.717) is 0 Å². The van der Waals surface area contributed by atoms with Crippen LogP contribution in [-0.4, -0.2) is 20.6 Å². The summed E-state index contributed by atoms with van der Waals surface area (Å²) in [7, 11) is 0. The molecule has 0 aliphatic carbocycles. The van der Waals surface area contributed by atoms with E-state index >= 15 is 0 Å². The molecule has 0 fully saturated rings. The maximum atomic E-state index is 12.3. The molecular formula is C16H15N3O4. The number of hydrogen-bond acceptors (Lipinski definition) is 5. The van der Waals surface area contributed by atoms with Gasteiger partial charge >= 0.3 is 0 Å². The summed E-state index contributed by atoms with van der Waals surface area (Å²) in [4.78, 5) is 27.9. The molecule has 23 heavy (non-hydrogen) atoms. The topological polar surface area (TPSA) is 97.4 Å². The number of benzene rings is 1. The highest BCUT2D eigenvalue weighted by Crippen LogP contribution is 2.17. The molecule has 7 nitrogen and oxygen atoms in total. The highest BCUT2D eigenvalue weighted by molar-refractivity contribution is 5.83. The smallest absolute Gasteiger partial charge is 0.243 e. The zero-order chi connectivity index (χ0) is 16.4. The SMILES string of the molecule is CC(C(=O)NCc1cc(=O)c(O)co1)n1cnc2ccccc21. The minimum atomic E-state index is -0.547. The Balaban J connectivity index is 1.72. The van der Waals surface area contributed by atoms with E-state index in [1.165, 1.54) is 0 Å². The zero-order valence-corrected chi connectivity index (χ0v) is 12.4. The Labute approximate surface area is 131 Å². The maximum Gasteiger partial charge on any atom is 0.243 e. The second kappa shape index (κ2) is 5.96. The van der Waals surface area contributed by atoms with Crippen molar-refractivity contribution in [3.8, 4) is 5.75 Å². The molecule has 0 saturated carbocycles. The number of carbonyl (C=O) groups excluding carboxylic acids is 1. The largest absolute Gasteiger partial charge is 0.502 e. The van der Waals surface area contributed by atoms with Crippen LogP contribution in [0.4, 0.5) is 0 Å². The molecular weight excluding hydrogens is 298 g/mol. The summed E-state index contributed by atoms with van der Waals surface area (Å²) >= 11 is 0. The van der Waals surface area contributed by atoms with Crippen molar-refractivity contribution in [2.24, 2.45) is 0 Å². The van der Waals surface area contributed by atoms with Crippen molar-refractivity contribution in [3.63, 3.8) is 0 Å². The van der Waals surface area contributed by atoms with E-state index in [1.807, 2.05) is 24.3 Å². The number of aromatic hydroxyl groups is 1. The average molecular weight is 313 g/mol. The van der Waals surface area contributed by atoms with Gasteiger partial charge in [0.25, 0.3) is 0 Å². The lowest BCUT2D eigenvalue weighted by atomic mass is 10.2. The number of para-hydroxylation sites is 2. The van der Waals surface area contributed by atoms with Crippen molar-refractivity contribution < 1.29 is 14.3 Å². The van der Waals surface area contributed by atoms with Crippen LogP contribution in [-0.2, 0) is 11.3 Å². The quantitative estimate of drug-likeness (QED) is 0.762. The molecule has 1 atom stereocenters. The van der Waals surface area contributed by atoms with Crippen molar-refractivity contribution >= 4 is 16.9 Å². The highest BCUT2D eigenvalue weighted by atomic mass is 16.4. The van der Waals surface area contributed by atoms with Crippen LogP contribution in [0.5, 0.6) is 5.75 Å². The van der Waals surface area contributed by atoms with Crippen molar-refractivity contribution in [1.29, 1.82) is 0 Å². The van der Waals surface area contributed by atoms with Gasteiger partial charge in [-0.25, -0.2) is 4.98 Å². The number of carbonyl (C=O) groups is 1. The monoisotopic (exact) mass is 313 g/mol. The Bertz CT molecular complexity index is 913. The fourth-order valence-corrected chi connectivity index (χ4v) is 2.27. The fraction of sp³-hybridized carbons (Fsp3) is 0.188. The summed E-state index contributed by atoms with van der Waals surface area (Å²) < 4.78 is 6.82. The predicted molar refractivity (Wildman–Crippen MR) is 82.9 cm³/mol. The van der Waals surface area contributed by atoms with Gasteiger partial charge in [-0.1, -0.05) is 12.1 Å². The van der Waals surface area contributed by atoms with Gasteiger partial charge in [0.1, 0.15) is 18.1 Å². The van der Waals surface area contributed by atoms with Gasteiger partial charge in [0.15, 0.2) is 5.75 Å². The van der Waals surface area contributed by atoms with E-state index in [0.717, 1.165) is 23.4 Å². The second-order valence-corrected chi connectivity index (χ2v) is 5.13. The first-order valence-electron chi connectivity index (χ1n) is 7.06. The van der Waals surface area contributed by atoms with Gasteiger partial charge in [-0.3, -0.25) is 9.59 Å². The molecule has 1 unspecified atom stereocenters. The van der Waals surface area contributed by atoms with Gasteiger partial charge in [-0.2, -0.15) is 0 Å². The summed E-state index contributed by atoms with van der Waals surface area (Å²) in [5.74, 6) is -0.425. The summed E-state index contributed by atoms with van der Waals surface area (Å²) in [5.41, 5.74) is 1.14. The lowest BCUT2D eigenvalue weighted by Crippen LogP contribution is -2.30. The van der Waals surface area contributed by atoms with Crippen molar-refractivity contribution in [2.75, 3.05) is 0 Å². The molecule has 118 valence electrons. The molecule has 0 radical (unpaired) electrons. The van der Waals surface area contributed by atoms with Gasteiger partial charge < -0.3 is 19.4 Å². The minimum Gasteiger partial charge on any atom is -0.502 e. The number of hydrogen-bond donors (Lipinski definition) is 2. The molecule has 0 saturated heterocycles. The summed E-state index contributed by atoms with van der Waals surface area (Å²) in [6.45, 7) is 1.82. The standard InChI is InChI=1S/C16H15N3O4/c1-10(19-9-18-12-4-2-3-5-13(12)19)16(22)17-7-11-6-14(20)15(21)8-23-11/h2-6,8-10,21H,7H2,1H3,(H,17,22). The van der Waals surface area contributed by atoms with Crippen LogP contribution in [0, 0.1) is 0 Å². The Morgan fingerprint density at radius 3 is 3.00 bits per heavy atom. The molecule has 3 aromatic rings. The number of fused-ring (bicyclic) bond motifs is 1. The Morgan fingerprint density at radius 1 is 1.43 bits per heavy atom. The van der Waals surface area contributed by atoms with E-state index in [1.54, 1.807) is 17.8 Å². The number of nitrogens with one attached hydrogen (secondary N) is 1. The summed E-state index contributed by atoms with van der Waals surface area (Å²) in [5, 5.41) is 11.8. The molecule has 2 aromatic heterocycles. The first kappa shape index (κ1) is 14.8. The third-order valence-corrected chi connectivity index (χ3v) is 3.58. The van der Waals surface area contributed by atoms with E-state index in [-0.39, 0.29) is 18.2 Å². The van der Waals surface area contributed by atoms with Gasteiger partial charge in [0, 0.05) is 6.07 Å². The number of nitrogens with zero attached hydrogens (tertiary/aromatic N) is 2. The zero-order valence-electron chi connectivity index (χ0n) is 12.4. The molecule has 1 aromatic carbocycles. The van der Waals surface area contributed by atoms with E-state index in [9.17, 15) is 9.59 Å². The molecule has 7 heteroatoms. The van der Waals surface area contributed by atoms with E-state index < -0.39 is 17.2 Å². The second-order valence-electron chi connectivity index (χ2n) is 5.13. The third-order valence-electron chi connectivity index (χ3n) is 3.58. The summed E-state index contributed by atoms with van der Waals surface area (Å²) in [6, 6.07) is 8.22. The average Bonchev–Trinajstić information content (AvgIpc) is 2.99. The third kappa shape index (κ3) is 2.94. The van der Waals surface area contributed by atoms with Crippen molar-refractivity contribution in [3.05, 3.63) is 58.9 Å².